The topological polar surface area (TPSA) is 88.1 Å². The second kappa shape index (κ2) is 9.78. The Morgan fingerprint density at radius 1 is 1.16 bits per heavy atom. The van der Waals surface area contributed by atoms with Crippen LogP contribution in [0.3, 0.4) is 0 Å². The van der Waals surface area contributed by atoms with Gasteiger partial charge in [-0.1, -0.05) is 42.5 Å². The molecule has 1 unspecified atom stereocenters. The fraction of sp³-hybridized carbons (Fsp3) is 0.348. The van der Waals surface area contributed by atoms with E-state index in [-0.39, 0.29) is 23.6 Å². The molecule has 0 spiro atoms. The van der Waals surface area contributed by atoms with E-state index in [1.54, 1.807) is 23.7 Å². The molecule has 8 heteroatoms. The van der Waals surface area contributed by atoms with Gasteiger partial charge in [-0.25, -0.2) is 0 Å². The summed E-state index contributed by atoms with van der Waals surface area (Å²) < 4.78 is 3.83. The number of hydrogen-bond donors (Lipinski definition) is 1. The van der Waals surface area contributed by atoms with Crippen molar-refractivity contribution in [3.05, 3.63) is 71.0 Å². The van der Waals surface area contributed by atoms with Gasteiger partial charge in [-0.15, -0.1) is 5.10 Å². The van der Waals surface area contributed by atoms with E-state index in [1.165, 1.54) is 4.90 Å². The maximum Gasteiger partial charge on any atom is 0.280 e. The number of carbonyl (C=O) groups is 2. The number of carbonyl (C=O) groups excluding carboxylic acids is 2. The predicted octanol–water partition coefficient (Wildman–Crippen LogP) is 3.94. The van der Waals surface area contributed by atoms with Crippen LogP contribution in [0.1, 0.15) is 60.4 Å². The summed E-state index contributed by atoms with van der Waals surface area (Å²) in [5, 5.41) is 8.70. The second-order valence-corrected chi connectivity index (χ2v) is 8.24. The molecule has 0 aliphatic heterocycles. The second-order valence-electron chi connectivity index (χ2n) is 7.63. The van der Waals surface area contributed by atoms with Crippen molar-refractivity contribution in [2.24, 2.45) is 0 Å². The number of nitrogens with zero attached hydrogens (tertiary/aromatic N) is 4. The normalized spacial score (nSPS) is 14.9. The van der Waals surface area contributed by atoms with Crippen LogP contribution < -0.4 is 10.2 Å². The molecule has 1 fully saturated rings. The predicted molar refractivity (Wildman–Crippen MR) is 120 cm³/mol. The lowest BCUT2D eigenvalue weighted by Crippen LogP contribution is -2.46. The number of hydrogen-bond acceptors (Lipinski definition) is 6. The van der Waals surface area contributed by atoms with Gasteiger partial charge >= 0.3 is 0 Å². The number of rotatable bonds is 7. The fourth-order valence-corrected chi connectivity index (χ4v) is 4.36. The zero-order valence-electron chi connectivity index (χ0n) is 17.4. The molecular formula is C23H25N5O2S. The summed E-state index contributed by atoms with van der Waals surface area (Å²) in [4.78, 5) is 33.0. The molecule has 1 aromatic carbocycles. The molecule has 4 rings (SSSR count). The monoisotopic (exact) mass is 435 g/mol. The molecular weight excluding hydrogens is 410 g/mol. The minimum absolute atomic E-state index is 0.124. The zero-order chi connectivity index (χ0) is 21.6. The van der Waals surface area contributed by atoms with E-state index < -0.39 is 6.04 Å². The molecule has 2 aromatic heterocycles. The molecule has 31 heavy (non-hydrogen) atoms. The summed E-state index contributed by atoms with van der Waals surface area (Å²) in [6.07, 6.45) is 6.63. The van der Waals surface area contributed by atoms with E-state index in [9.17, 15) is 9.59 Å². The molecule has 7 nitrogen and oxygen atoms in total. The standard InChI is InChI=1S/C23H25N5O2S/c1-2-16-10-12-18(13-11-16)28(23(30)20-15-31-27-26-20)21(19-9-5-6-14-24-19)22(29)25-17-7-3-4-8-17/h5-6,9-15,17,21H,2-4,7-8H2,1H3,(H,25,29). The highest BCUT2D eigenvalue weighted by Crippen LogP contribution is 2.30. The van der Waals surface area contributed by atoms with Gasteiger partial charge in [0.25, 0.3) is 5.91 Å². The number of aromatic nitrogens is 3. The van der Waals surface area contributed by atoms with Gasteiger partial charge in [0.15, 0.2) is 11.7 Å². The average molecular weight is 436 g/mol. The first-order chi connectivity index (χ1) is 15.2. The molecule has 3 aromatic rings. The Kier molecular flexibility index (Phi) is 6.66. The van der Waals surface area contributed by atoms with Crippen molar-refractivity contribution in [2.45, 2.75) is 51.1 Å². The van der Waals surface area contributed by atoms with Crippen LogP contribution in [0.5, 0.6) is 0 Å². The Morgan fingerprint density at radius 2 is 1.94 bits per heavy atom. The van der Waals surface area contributed by atoms with Crippen molar-refractivity contribution in [1.29, 1.82) is 0 Å². The molecule has 2 heterocycles. The highest BCUT2D eigenvalue weighted by Gasteiger charge is 2.36. The summed E-state index contributed by atoms with van der Waals surface area (Å²) in [5.41, 5.74) is 2.48. The van der Waals surface area contributed by atoms with Crippen molar-refractivity contribution in [3.63, 3.8) is 0 Å². The minimum atomic E-state index is -0.913. The molecule has 1 aliphatic rings. The highest BCUT2D eigenvalue weighted by molar-refractivity contribution is 7.03. The minimum Gasteiger partial charge on any atom is -0.351 e. The van der Waals surface area contributed by atoms with Crippen molar-refractivity contribution in [1.82, 2.24) is 19.9 Å². The Hall–Kier alpha value is -3.13. The summed E-state index contributed by atoms with van der Waals surface area (Å²) in [5.74, 6) is -0.614. The van der Waals surface area contributed by atoms with Gasteiger partial charge in [0.2, 0.25) is 5.91 Å². The van der Waals surface area contributed by atoms with Gasteiger partial charge in [0, 0.05) is 23.3 Å². The molecule has 2 amide bonds. The van der Waals surface area contributed by atoms with Crippen LogP contribution in [0.25, 0.3) is 0 Å². The SMILES string of the molecule is CCc1ccc(N(C(=O)c2csnn2)C(C(=O)NC2CCCC2)c2ccccn2)cc1. The molecule has 0 bridgehead atoms. The third-order valence-corrected chi connectivity index (χ3v) is 6.10. The first-order valence-corrected chi connectivity index (χ1v) is 11.4. The summed E-state index contributed by atoms with van der Waals surface area (Å²) in [6.45, 7) is 2.07. The Labute approximate surface area is 185 Å². The van der Waals surface area contributed by atoms with Crippen molar-refractivity contribution in [3.8, 4) is 0 Å². The Bertz CT molecular complexity index is 1000. The van der Waals surface area contributed by atoms with Crippen molar-refractivity contribution >= 4 is 29.0 Å². The van der Waals surface area contributed by atoms with E-state index in [0.29, 0.717) is 11.4 Å². The molecule has 0 radical (unpaired) electrons. The first kappa shape index (κ1) is 21.1. The first-order valence-electron chi connectivity index (χ1n) is 10.6. The fourth-order valence-electron chi connectivity index (χ4n) is 3.93. The molecule has 1 aliphatic carbocycles. The van der Waals surface area contributed by atoms with E-state index in [2.05, 4.69) is 26.8 Å². The lowest BCUT2D eigenvalue weighted by molar-refractivity contribution is -0.123. The van der Waals surface area contributed by atoms with E-state index >= 15 is 0 Å². The quantitative estimate of drug-likeness (QED) is 0.607. The highest BCUT2D eigenvalue weighted by atomic mass is 32.1. The maximum atomic E-state index is 13.5. The lowest BCUT2D eigenvalue weighted by atomic mass is 10.1. The van der Waals surface area contributed by atoms with Crippen LogP contribution in [-0.2, 0) is 11.2 Å². The van der Waals surface area contributed by atoms with Crippen LogP contribution in [0.2, 0.25) is 0 Å². The van der Waals surface area contributed by atoms with Crippen LogP contribution in [0.15, 0.2) is 54.0 Å². The molecule has 1 saturated carbocycles. The Morgan fingerprint density at radius 3 is 2.55 bits per heavy atom. The van der Waals surface area contributed by atoms with E-state index in [4.69, 9.17) is 0 Å². The van der Waals surface area contributed by atoms with Gasteiger partial charge in [0.1, 0.15) is 0 Å². The number of benzene rings is 1. The van der Waals surface area contributed by atoms with Gasteiger partial charge in [-0.3, -0.25) is 19.5 Å². The van der Waals surface area contributed by atoms with Gasteiger partial charge < -0.3 is 5.32 Å². The third-order valence-electron chi connectivity index (χ3n) is 5.60. The molecule has 160 valence electrons. The van der Waals surface area contributed by atoms with Crippen LogP contribution in [-0.4, -0.2) is 32.4 Å². The number of pyridine rings is 1. The summed E-state index contributed by atoms with van der Waals surface area (Å²) >= 11 is 1.10. The molecule has 1 atom stereocenters. The zero-order valence-corrected chi connectivity index (χ0v) is 18.2. The van der Waals surface area contributed by atoms with Crippen molar-refractivity contribution < 1.29 is 9.59 Å². The summed E-state index contributed by atoms with van der Waals surface area (Å²) in [6, 6.07) is 12.3. The van der Waals surface area contributed by atoms with Gasteiger partial charge in [-0.05, 0) is 60.6 Å². The van der Waals surface area contributed by atoms with Gasteiger partial charge in [-0.2, -0.15) is 0 Å². The number of anilines is 1. The van der Waals surface area contributed by atoms with E-state index in [1.807, 2.05) is 30.3 Å². The number of aryl methyl sites for hydroxylation is 1. The Balaban J connectivity index is 1.77. The number of nitrogens with one attached hydrogen (secondary N) is 1. The average Bonchev–Trinajstić information content (AvgIpc) is 3.52. The van der Waals surface area contributed by atoms with E-state index in [0.717, 1.165) is 49.2 Å². The number of amides is 2. The van der Waals surface area contributed by atoms with Crippen LogP contribution >= 0.6 is 11.5 Å². The largest absolute Gasteiger partial charge is 0.351 e. The lowest BCUT2D eigenvalue weighted by Gasteiger charge is -2.31. The van der Waals surface area contributed by atoms with Crippen LogP contribution in [0.4, 0.5) is 5.69 Å². The van der Waals surface area contributed by atoms with Crippen LogP contribution in [0, 0.1) is 0 Å². The molecule has 1 N–H and O–H groups in total. The molecule has 0 saturated heterocycles. The van der Waals surface area contributed by atoms with Crippen molar-refractivity contribution in [2.75, 3.05) is 4.90 Å². The maximum absolute atomic E-state index is 13.5. The van der Waals surface area contributed by atoms with Gasteiger partial charge in [0.05, 0.1) is 5.69 Å². The third kappa shape index (κ3) is 4.80. The smallest absolute Gasteiger partial charge is 0.280 e. The summed E-state index contributed by atoms with van der Waals surface area (Å²) in [7, 11) is 0.